The number of aromatic nitrogens is 2. The Bertz CT molecular complexity index is 745. The zero-order chi connectivity index (χ0) is 14.3. The Morgan fingerprint density at radius 1 is 1.30 bits per heavy atom. The molecule has 2 heterocycles. The standard InChI is InChI=1S/C15H15ClN2O2/c1-9(2)18-8-11(7-17-18)15(19)14-6-10-5-12(16)3-4-13(10)20-14/h3-9,15,19H,1-2H3. The third kappa shape index (κ3) is 2.32. The van der Waals surface area contributed by atoms with Gasteiger partial charge in [-0.25, -0.2) is 0 Å². The molecule has 0 saturated heterocycles. The quantitative estimate of drug-likeness (QED) is 0.795. The lowest BCUT2D eigenvalue weighted by atomic mass is 10.1. The largest absolute Gasteiger partial charge is 0.458 e. The number of hydrogen-bond acceptors (Lipinski definition) is 3. The average Bonchev–Trinajstić information content (AvgIpc) is 3.03. The van der Waals surface area contributed by atoms with Gasteiger partial charge >= 0.3 is 0 Å². The van der Waals surface area contributed by atoms with Crippen molar-refractivity contribution in [2.24, 2.45) is 0 Å². The molecule has 20 heavy (non-hydrogen) atoms. The summed E-state index contributed by atoms with van der Waals surface area (Å²) in [5.74, 6) is 0.491. The van der Waals surface area contributed by atoms with Crippen LogP contribution < -0.4 is 0 Å². The summed E-state index contributed by atoms with van der Waals surface area (Å²) in [5.41, 5.74) is 1.42. The maximum absolute atomic E-state index is 10.4. The molecular formula is C15H15ClN2O2. The van der Waals surface area contributed by atoms with Crippen LogP contribution >= 0.6 is 11.6 Å². The molecule has 1 unspecified atom stereocenters. The molecule has 3 rings (SSSR count). The molecule has 0 amide bonds. The molecule has 0 aliphatic rings. The van der Waals surface area contributed by atoms with Crippen LogP contribution in [0, 0.1) is 0 Å². The lowest BCUT2D eigenvalue weighted by molar-refractivity contribution is 0.192. The van der Waals surface area contributed by atoms with Crippen molar-refractivity contribution in [1.29, 1.82) is 0 Å². The first-order valence-electron chi connectivity index (χ1n) is 6.45. The van der Waals surface area contributed by atoms with Crippen molar-refractivity contribution in [3.05, 3.63) is 53.0 Å². The summed E-state index contributed by atoms with van der Waals surface area (Å²) >= 11 is 5.95. The highest BCUT2D eigenvalue weighted by Gasteiger charge is 2.18. The minimum absolute atomic E-state index is 0.255. The molecule has 0 aliphatic carbocycles. The van der Waals surface area contributed by atoms with Gasteiger partial charge in [-0.05, 0) is 38.1 Å². The maximum atomic E-state index is 10.4. The molecule has 1 atom stereocenters. The Morgan fingerprint density at radius 2 is 2.10 bits per heavy atom. The van der Waals surface area contributed by atoms with Gasteiger partial charge in [0.1, 0.15) is 17.4 Å². The SMILES string of the molecule is CC(C)n1cc(C(O)c2cc3cc(Cl)ccc3o2)cn1. The zero-order valence-electron chi connectivity index (χ0n) is 11.2. The van der Waals surface area contributed by atoms with Crippen LogP contribution in [0.15, 0.2) is 41.1 Å². The van der Waals surface area contributed by atoms with E-state index in [1.54, 1.807) is 29.1 Å². The van der Waals surface area contributed by atoms with Crippen LogP contribution in [0.1, 0.15) is 37.3 Å². The molecule has 0 bridgehead atoms. The second kappa shape index (κ2) is 4.96. The Balaban J connectivity index is 1.96. The second-order valence-corrected chi connectivity index (χ2v) is 5.52. The fourth-order valence-corrected chi connectivity index (χ4v) is 2.29. The smallest absolute Gasteiger partial charge is 0.140 e. The number of halogens is 1. The van der Waals surface area contributed by atoms with Gasteiger partial charge in [0, 0.05) is 28.2 Å². The number of fused-ring (bicyclic) bond motifs is 1. The van der Waals surface area contributed by atoms with Gasteiger partial charge in [-0.3, -0.25) is 4.68 Å². The Hall–Kier alpha value is -1.78. The molecule has 104 valence electrons. The lowest BCUT2D eigenvalue weighted by Crippen LogP contribution is -2.01. The minimum atomic E-state index is -0.825. The summed E-state index contributed by atoms with van der Waals surface area (Å²) in [6.07, 6.45) is 2.66. The molecule has 0 aliphatic heterocycles. The topological polar surface area (TPSA) is 51.2 Å². The van der Waals surface area contributed by atoms with Gasteiger partial charge in [0.2, 0.25) is 0 Å². The van der Waals surface area contributed by atoms with Gasteiger partial charge < -0.3 is 9.52 Å². The number of benzene rings is 1. The van der Waals surface area contributed by atoms with Crippen molar-refractivity contribution in [3.63, 3.8) is 0 Å². The monoisotopic (exact) mass is 290 g/mol. The molecule has 0 spiro atoms. The van der Waals surface area contributed by atoms with Gasteiger partial charge in [-0.15, -0.1) is 0 Å². The third-order valence-corrected chi connectivity index (χ3v) is 3.47. The van der Waals surface area contributed by atoms with Gasteiger partial charge in [0.25, 0.3) is 0 Å². The fraction of sp³-hybridized carbons (Fsp3) is 0.267. The summed E-state index contributed by atoms with van der Waals surface area (Å²) in [7, 11) is 0. The van der Waals surface area contributed by atoms with Gasteiger partial charge in [0.15, 0.2) is 0 Å². The highest BCUT2D eigenvalue weighted by Crippen LogP contribution is 2.29. The number of nitrogens with zero attached hydrogens (tertiary/aromatic N) is 2. The summed E-state index contributed by atoms with van der Waals surface area (Å²) < 4.78 is 7.47. The molecular weight excluding hydrogens is 276 g/mol. The first-order valence-corrected chi connectivity index (χ1v) is 6.83. The van der Waals surface area contributed by atoms with E-state index in [1.807, 2.05) is 26.1 Å². The van der Waals surface area contributed by atoms with E-state index in [0.717, 1.165) is 5.39 Å². The molecule has 1 aromatic carbocycles. The van der Waals surface area contributed by atoms with Crippen molar-refractivity contribution in [2.45, 2.75) is 26.0 Å². The van der Waals surface area contributed by atoms with Crippen molar-refractivity contribution >= 4 is 22.6 Å². The molecule has 5 heteroatoms. The summed E-state index contributed by atoms with van der Waals surface area (Å²) in [5, 5.41) is 16.1. The molecule has 0 fully saturated rings. The van der Waals surface area contributed by atoms with Gasteiger partial charge in [-0.1, -0.05) is 11.6 Å². The predicted molar refractivity (Wildman–Crippen MR) is 77.9 cm³/mol. The van der Waals surface area contributed by atoms with Crippen LogP contribution in [0.5, 0.6) is 0 Å². The Labute approximate surface area is 121 Å². The Kier molecular flexibility index (Phi) is 3.28. The van der Waals surface area contributed by atoms with Gasteiger partial charge in [0.05, 0.1) is 6.20 Å². The highest BCUT2D eigenvalue weighted by atomic mass is 35.5. The number of aliphatic hydroxyl groups is 1. The van der Waals surface area contributed by atoms with Crippen LogP contribution in [0.25, 0.3) is 11.0 Å². The summed E-state index contributed by atoms with van der Waals surface area (Å²) in [6.45, 7) is 4.07. The van der Waals surface area contributed by atoms with Crippen molar-refractivity contribution in [3.8, 4) is 0 Å². The van der Waals surface area contributed by atoms with Crippen molar-refractivity contribution in [1.82, 2.24) is 9.78 Å². The first-order chi connectivity index (χ1) is 9.54. The molecule has 0 saturated carbocycles. The maximum Gasteiger partial charge on any atom is 0.140 e. The van der Waals surface area contributed by atoms with E-state index in [0.29, 0.717) is 21.9 Å². The lowest BCUT2D eigenvalue weighted by Gasteiger charge is -2.05. The number of rotatable bonds is 3. The van der Waals surface area contributed by atoms with Crippen LogP contribution in [-0.2, 0) is 0 Å². The molecule has 4 nitrogen and oxygen atoms in total. The van der Waals surface area contributed by atoms with E-state index in [2.05, 4.69) is 5.10 Å². The van der Waals surface area contributed by atoms with Crippen LogP contribution in [0.2, 0.25) is 5.02 Å². The molecule has 2 aromatic heterocycles. The highest BCUT2D eigenvalue weighted by molar-refractivity contribution is 6.31. The van der Waals surface area contributed by atoms with E-state index in [4.69, 9.17) is 16.0 Å². The van der Waals surface area contributed by atoms with E-state index in [-0.39, 0.29) is 6.04 Å². The van der Waals surface area contributed by atoms with E-state index in [9.17, 15) is 5.11 Å². The third-order valence-electron chi connectivity index (χ3n) is 3.23. The number of furan rings is 1. The summed E-state index contributed by atoms with van der Waals surface area (Å²) in [6, 6.07) is 7.43. The molecule has 3 aromatic rings. The van der Waals surface area contributed by atoms with Crippen molar-refractivity contribution in [2.75, 3.05) is 0 Å². The van der Waals surface area contributed by atoms with Crippen molar-refractivity contribution < 1.29 is 9.52 Å². The minimum Gasteiger partial charge on any atom is -0.458 e. The fourth-order valence-electron chi connectivity index (χ4n) is 2.11. The average molecular weight is 291 g/mol. The Morgan fingerprint density at radius 3 is 2.80 bits per heavy atom. The van der Waals surface area contributed by atoms with Crippen LogP contribution in [-0.4, -0.2) is 14.9 Å². The zero-order valence-corrected chi connectivity index (χ0v) is 12.0. The second-order valence-electron chi connectivity index (χ2n) is 5.08. The van der Waals surface area contributed by atoms with Crippen LogP contribution in [0.3, 0.4) is 0 Å². The van der Waals surface area contributed by atoms with Crippen LogP contribution in [0.4, 0.5) is 0 Å². The molecule has 1 N–H and O–H groups in total. The van der Waals surface area contributed by atoms with E-state index >= 15 is 0 Å². The first kappa shape index (κ1) is 13.2. The summed E-state index contributed by atoms with van der Waals surface area (Å²) in [4.78, 5) is 0. The van der Waals surface area contributed by atoms with E-state index in [1.165, 1.54) is 0 Å². The van der Waals surface area contributed by atoms with E-state index < -0.39 is 6.10 Å². The predicted octanol–water partition coefficient (Wildman–Crippen LogP) is 3.95. The number of hydrogen-bond donors (Lipinski definition) is 1. The number of aliphatic hydroxyl groups excluding tert-OH is 1. The molecule has 0 radical (unpaired) electrons. The van der Waals surface area contributed by atoms with Gasteiger partial charge in [-0.2, -0.15) is 5.10 Å². The normalized spacial score (nSPS) is 13.2.